The van der Waals surface area contributed by atoms with Gasteiger partial charge in [0.05, 0.1) is 25.9 Å². The van der Waals surface area contributed by atoms with Crippen molar-refractivity contribution in [2.75, 3.05) is 40.0 Å². The van der Waals surface area contributed by atoms with Crippen LogP contribution in [0.25, 0.3) is 0 Å². The lowest BCUT2D eigenvalue weighted by Crippen LogP contribution is -2.41. The molecule has 0 spiro atoms. The van der Waals surface area contributed by atoms with Crippen LogP contribution in [0.1, 0.15) is 6.92 Å². The Hall–Kier alpha value is -0.200. The summed E-state index contributed by atoms with van der Waals surface area (Å²) in [7, 11) is 1.52. The minimum atomic E-state index is -0.554. The molecule has 0 radical (unpaired) electrons. The van der Waals surface area contributed by atoms with Gasteiger partial charge in [-0.15, -0.1) is 0 Å². The van der Waals surface area contributed by atoms with Crippen molar-refractivity contribution < 1.29 is 20.1 Å². The van der Waals surface area contributed by atoms with Crippen molar-refractivity contribution in [1.82, 2.24) is 5.32 Å². The lowest BCUT2D eigenvalue weighted by molar-refractivity contribution is 0.0484. The molecule has 0 saturated carbocycles. The van der Waals surface area contributed by atoms with E-state index in [4.69, 9.17) is 14.9 Å². The van der Waals surface area contributed by atoms with Crippen molar-refractivity contribution in [3.8, 4) is 0 Å². The minimum absolute atomic E-state index is 0.0864. The van der Waals surface area contributed by atoms with Crippen LogP contribution >= 0.6 is 0 Å². The molecule has 0 aromatic heterocycles. The molecular formula is C9H21NO4. The van der Waals surface area contributed by atoms with Crippen molar-refractivity contribution in [3.63, 3.8) is 0 Å². The van der Waals surface area contributed by atoms with E-state index < -0.39 is 11.5 Å². The fourth-order valence-electron chi connectivity index (χ4n) is 0.954. The molecule has 1 unspecified atom stereocenters. The second-order valence-corrected chi connectivity index (χ2v) is 3.87. The summed E-state index contributed by atoms with van der Waals surface area (Å²) in [6, 6.07) is 0. The van der Waals surface area contributed by atoms with Crippen molar-refractivity contribution >= 4 is 0 Å². The summed E-state index contributed by atoms with van der Waals surface area (Å²) < 4.78 is 4.75. The smallest absolute Gasteiger partial charge is 0.0897 e. The summed E-state index contributed by atoms with van der Waals surface area (Å²) in [5, 5.41) is 30.2. The first-order valence-electron chi connectivity index (χ1n) is 4.67. The third-order valence-corrected chi connectivity index (χ3v) is 2.05. The highest BCUT2D eigenvalue weighted by Crippen LogP contribution is 2.11. The summed E-state index contributed by atoms with van der Waals surface area (Å²) in [5.41, 5.74) is -0.535. The van der Waals surface area contributed by atoms with Crippen LogP contribution in [0.4, 0.5) is 0 Å². The van der Waals surface area contributed by atoms with Crippen LogP contribution in [0.15, 0.2) is 0 Å². The second kappa shape index (κ2) is 7.14. The molecule has 14 heavy (non-hydrogen) atoms. The molecule has 0 heterocycles. The summed E-state index contributed by atoms with van der Waals surface area (Å²) in [6.45, 7) is 2.72. The van der Waals surface area contributed by atoms with Crippen molar-refractivity contribution in [2.45, 2.75) is 13.0 Å². The molecule has 0 aliphatic rings. The first-order chi connectivity index (χ1) is 6.58. The maximum Gasteiger partial charge on any atom is 0.0897 e. The van der Waals surface area contributed by atoms with Crippen LogP contribution in [0.3, 0.4) is 0 Å². The molecule has 1 atom stereocenters. The SMILES string of the molecule is COCC(O)CNCC(C)(CO)CO. The lowest BCUT2D eigenvalue weighted by atomic mass is 9.93. The van der Waals surface area contributed by atoms with Crippen LogP contribution in [0.2, 0.25) is 0 Å². The summed E-state index contributed by atoms with van der Waals surface area (Å²) in [4.78, 5) is 0. The highest BCUT2D eigenvalue weighted by Gasteiger charge is 2.21. The first-order valence-corrected chi connectivity index (χ1v) is 4.67. The van der Waals surface area contributed by atoms with Gasteiger partial charge in [0.1, 0.15) is 0 Å². The summed E-state index contributed by atoms with van der Waals surface area (Å²) in [6.07, 6.45) is -0.554. The zero-order valence-electron chi connectivity index (χ0n) is 8.86. The van der Waals surface area contributed by atoms with Crippen LogP contribution in [-0.2, 0) is 4.74 Å². The van der Waals surface area contributed by atoms with E-state index in [-0.39, 0.29) is 19.8 Å². The van der Waals surface area contributed by atoms with E-state index in [1.807, 2.05) is 0 Å². The number of aliphatic hydroxyl groups is 3. The molecule has 86 valence electrons. The van der Waals surface area contributed by atoms with Crippen LogP contribution in [0.5, 0.6) is 0 Å². The Morgan fingerprint density at radius 2 is 1.93 bits per heavy atom. The van der Waals surface area contributed by atoms with Gasteiger partial charge in [0.2, 0.25) is 0 Å². The molecule has 0 saturated heterocycles. The maximum absolute atomic E-state index is 9.28. The van der Waals surface area contributed by atoms with Gasteiger partial charge in [-0.1, -0.05) is 6.92 Å². The van der Waals surface area contributed by atoms with Crippen molar-refractivity contribution in [2.24, 2.45) is 5.41 Å². The Morgan fingerprint density at radius 3 is 2.36 bits per heavy atom. The van der Waals surface area contributed by atoms with E-state index in [9.17, 15) is 5.11 Å². The topological polar surface area (TPSA) is 82.0 Å². The Labute approximate surface area is 84.7 Å². The van der Waals surface area contributed by atoms with Gasteiger partial charge in [-0.2, -0.15) is 0 Å². The predicted molar refractivity (Wildman–Crippen MR) is 53.0 cm³/mol. The van der Waals surface area contributed by atoms with Crippen LogP contribution in [0, 0.1) is 5.41 Å². The molecule has 0 amide bonds. The molecule has 0 aliphatic heterocycles. The zero-order chi connectivity index (χ0) is 11.0. The Kier molecular flexibility index (Phi) is 7.04. The minimum Gasteiger partial charge on any atom is -0.396 e. The average molecular weight is 207 g/mol. The number of nitrogens with one attached hydrogen (secondary N) is 1. The largest absolute Gasteiger partial charge is 0.396 e. The molecule has 0 aromatic carbocycles. The molecule has 0 aromatic rings. The van der Waals surface area contributed by atoms with Gasteiger partial charge in [-0.05, 0) is 0 Å². The van der Waals surface area contributed by atoms with E-state index in [1.54, 1.807) is 6.92 Å². The molecule has 0 rings (SSSR count). The van der Waals surface area contributed by atoms with Crippen LogP contribution < -0.4 is 5.32 Å². The fraction of sp³-hybridized carbons (Fsp3) is 1.00. The highest BCUT2D eigenvalue weighted by atomic mass is 16.5. The van der Waals surface area contributed by atoms with Crippen molar-refractivity contribution in [3.05, 3.63) is 0 Å². The third-order valence-electron chi connectivity index (χ3n) is 2.05. The van der Waals surface area contributed by atoms with Crippen molar-refractivity contribution in [1.29, 1.82) is 0 Å². The molecule has 5 heteroatoms. The molecule has 0 bridgehead atoms. The van der Waals surface area contributed by atoms with Crippen LogP contribution in [-0.4, -0.2) is 61.4 Å². The Bertz CT molecular complexity index is 139. The number of methoxy groups -OCH3 is 1. The number of hydrogen-bond donors (Lipinski definition) is 4. The third kappa shape index (κ3) is 5.51. The number of ether oxygens (including phenoxy) is 1. The van der Waals surface area contributed by atoms with E-state index in [1.165, 1.54) is 7.11 Å². The van der Waals surface area contributed by atoms with E-state index >= 15 is 0 Å². The summed E-state index contributed by atoms with van der Waals surface area (Å²) >= 11 is 0. The van der Waals surface area contributed by atoms with Gasteiger partial charge in [-0.25, -0.2) is 0 Å². The summed E-state index contributed by atoms with van der Waals surface area (Å²) in [5.74, 6) is 0. The van der Waals surface area contributed by atoms with Gasteiger partial charge in [0.15, 0.2) is 0 Å². The molecule has 0 fully saturated rings. The van der Waals surface area contributed by atoms with E-state index in [2.05, 4.69) is 5.32 Å². The average Bonchev–Trinajstić information content (AvgIpc) is 2.18. The Balaban J connectivity index is 3.61. The predicted octanol–water partition coefficient (Wildman–Crippen LogP) is -1.43. The fourth-order valence-corrected chi connectivity index (χ4v) is 0.954. The normalized spacial score (nSPS) is 14.4. The molecule has 4 N–H and O–H groups in total. The standard InChI is InChI=1S/C9H21NO4/c1-9(6-11,7-12)5-10-3-8(13)4-14-2/h8,10-13H,3-7H2,1-2H3. The second-order valence-electron chi connectivity index (χ2n) is 3.87. The molecule has 0 aliphatic carbocycles. The van der Waals surface area contributed by atoms with Gasteiger partial charge in [0, 0.05) is 25.6 Å². The van der Waals surface area contributed by atoms with Gasteiger partial charge >= 0.3 is 0 Å². The molecular weight excluding hydrogens is 186 g/mol. The lowest BCUT2D eigenvalue weighted by Gasteiger charge is -2.25. The first kappa shape index (κ1) is 13.8. The van der Waals surface area contributed by atoms with Gasteiger partial charge < -0.3 is 25.4 Å². The Morgan fingerprint density at radius 1 is 1.36 bits per heavy atom. The van der Waals surface area contributed by atoms with E-state index in [0.29, 0.717) is 13.1 Å². The zero-order valence-corrected chi connectivity index (χ0v) is 8.86. The van der Waals surface area contributed by atoms with Gasteiger partial charge in [-0.3, -0.25) is 0 Å². The number of hydrogen-bond acceptors (Lipinski definition) is 5. The monoisotopic (exact) mass is 207 g/mol. The van der Waals surface area contributed by atoms with Gasteiger partial charge in [0.25, 0.3) is 0 Å². The number of aliphatic hydroxyl groups excluding tert-OH is 3. The maximum atomic E-state index is 9.28. The quantitative estimate of drug-likeness (QED) is 0.392. The highest BCUT2D eigenvalue weighted by molar-refractivity contribution is 4.75. The number of rotatable bonds is 8. The van der Waals surface area contributed by atoms with E-state index in [0.717, 1.165) is 0 Å². The molecule has 5 nitrogen and oxygen atoms in total.